The van der Waals surface area contributed by atoms with E-state index in [4.69, 9.17) is 0 Å². The second-order valence-corrected chi connectivity index (χ2v) is 12.8. The van der Waals surface area contributed by atoms with Gasteiger partial charge in [0.05, 0.1) is 0 Å². The Bertz CT molecular complexity index is 886. The molecule has 0 fully saturated rings. The van der Waals surface area contributed by atoms with E-state index in [0.29, 0.717) is 0 Å². The molecule has 0 bridgehead atoms. The van der Waals surface area contributed by atoms with Gasteiger partial charge in [-0.25, -0.2) is 0 Å². The maximum atomic E-state index is 3.47. The van der Waals surface area contributed by atoms with E-state index in [1.54, 1.807) is 0 Å². The maximum absolute atomic E-state index is 3.47. The van der Waals surface area contributed by atoms with Crippen molar-refractivity contribution in [3.05, 3.63) is 68.8 Å². The van der Waals surface area contributed by atoms with Crippen molar-refractivity contribution in [2.24, 2.45) is 0 Å². The Morgan fingerprint density at radius 1 is 0.600 bits per heavy atom. The van der Waals surface area contributed by atoms with Crippen molar-refractivity contribution >= 4 is 8.07 Å². The average molecular weight is 345 g/mol. The highest BCUT2D eigenvalue weighted by atomic mass is 28.3. The van der Waals surface area contributed by atoms with Crippen LogP contribution in [0.25, 0.3) is 0 Å². The summed E-state index contributed by atoms with van der Waals surface area (Å²) in [7, 11) is -1.37. The molecule has 0 radical (unpaired) electrons. The summed E-state index contributed by atoms with van der Waals surface area (Å²) in [6.07, 6.45) is 0. The van der Waals surface area contributed by atoms with E-state index in [-0.39, 0.29) is 0 Å². The van der Waals surface area contributed by atoms with Crippen LogP contribution in [0.5, 0.6) is 0 Å². The molecule has 0 unspecified atom stereocenters. The minimum Gasteiger partial charge on any atom is -0.127 e. The first-order valence-corrected chi connectivity index (χ1v) is 12.3. The topological polar surface area (TPSA) is 0 Å². The van der Waals surface area contributed by atoms with E-state index in [1.807, 2.05) is 0 Å². The van der Waals surface area contributed by atoms with Gasteiger partial charge in [0.15, 0.2) is 0 Å². The molecule has 2 rings (SSSR count). The minimum atomic E-state index is -1.37. The Labute approximate surface area is 154 Å². The fraction of sp³-hybridized carbons (Fsp3) is 0.333. The number of benzene rings is 2. The van der Waals surface area contributed by atoms with Crippen LogP contribution in [-0.4, -0.2) is 8.07 Å². The summed E-state index contributed by atoms with van der Waals surface area (Å²) in [5.74, 6) is 10.1. The zero-order valence-corrected chi connectivity index (χ0v) is 17.8. The van der Waals surface area contributed by atoms with Crippen LogP contribution >= 0.6 is 0 Å². The molecule has 25 heavy (non-hydrogen) atoms. The Balaban J connectivity index is 2.43. The SMILES string of the molecule is Cc1cc(C)c(C#Cc2cc(C)c(C#C[Si](C)(C)C)c(C)c2)c(C)c1. The van der Waals surface area contributed by atoms with E-state index in [2.05, 4.69) is 102 Å². The highest BCUT2D eigenvalue weighted by Gasteiger charge is 2.09. The molecule has 128 valence electrons. The van der Waals surface area contributed by atoms with E-state index in [9.17, 15) is 0 Å². The standard InChI is InChI=1S/C24H28Si/c1-17-13-18(2)23(19(3)14-17)10-9-22-15-20(4)24(21(5)16-22)11-12-25(6,7)8/h13-16H,1-8H3. The van der Waals surface area contributed by atoms with Crippen LogP contribution in [0, 0.1) is 57.9 Å². The molecule has 0 aliphatic heterocycles. The van der Waals surface area contributed by atoms with Crippen molar-refractivity contribution in [3.8, 4) is 23.3 Å². The third kappa shape index (κ3) is 5.12. The Morgan fingerprint density at radius 2 is 1.04 bits per heavy atom. The van der Waals surface area contributed by atoms with E-state index < -0.39 is 8.07 Å². The van der Waals surface area contributed by atoms with Gasteiger partial charge in [-0.05, 0) is 69.0 Å². The van der Waals surface area contributed by atoms with Crippen LogP contribution < -0.4 is 0 Å². The summed E-state index contributed by atoms with van der Waals surface area (Å²) in [6, 6.07) is 8.71. The molecule has 0 aliphatic carbocycles. The van der Waals surface area contributed by atoms with Gasteiger partial charge in [-0.1, -0.05) is 55.1 Å². The smallest absolute Gasteiger partial charge is 0.127 e. The number of hydrogen-bond donors (Lipinski definition) is 0. The van der Waals surface area contributed by atoms with Gasteiger partial charge in [0.25, 0.3) is 0 Å². The molecule has 0 amide bonds. The first kappa shape index (κ1) is 19.1. The third-order valence-electron chi connectivity index (χ3n) is 4.10. The zero-order chi connectivity index (χ0) is 18.8. The van der Waals surface area contributed by atoms with Gasteiger partial charge in [-0.15, -0.1) is 5.54 Å². The monoisotopic (exact) mass is 344 g/mol. The zero-order valence-electron chi connectivity index (χ0n) is 16.8. The number of hydrogen-bond acceptors (Lipinski definition) is 0. The summed E-state index contributed by atoms with van der Waals surface area (Å²) in [6.45, 7) is 17.5. The highest BCUT2D eigenvalue weighted by molar-refractivity contribution is 6.83. The first-order chi connectivity index (χ1) is 11.6. The first-order valence-electron chi connectivity index (χ1n) is 8.81. The second-order valence-electron chi connectivity index (χ2n) is 8.01. The second kappa shape index (κ2) is 7.34. The quantitative estimate of drug-likeness (QED) is 0.415. The molecular weight excluding hydrogens is 316 g/mol. The normalized spacial score (nSPS) is 10.6. The van der Waals surface area contributed by atoms with Crippen LogP contribution in [0.2, 0.25) is 19.6 Å². The largest absolute Gasteiger partial charge is 0.129 e. The molecular formula is C24H28Si. The Kier molecular flexibility index (Phi) is 5.61. The maximum Gasteiger partial charge on any atom is 0.129 e. The van der Waals surface area contributed by atoms with Crippen molar-refractivity contribution in [1.29, 1.82) is 0 Å². The van der Waals surface area contributed by atoms with E-state index >= 15 is 0 Å². The lowest BCUT2D eigenvalue weighted by Crippen LogP contribution is -2.16. The number of rotatable bonds is 0. The minimum absolute atomic E-state index is 1.06. The van der Waals surface area contributed by atoms with Crippen molar-refractivity contribution in [2.75, 3.05) is 0 Å². The molecule has 2 aromatic carbocycles. The van der Waals surface area contributed by atoms with Gasteiger partial charge >= 0.3 is 0 Å². The van der Waals surface area contributed by atoms with Crippen LogP contribution in [0.1, 0.15) is 44.5 Å². The predicted octanol–water partition coefficient (Wildman–Crippen LogP) is 5.86. The van der Waals surface area contributed by atoms with Crippen LogP contribution in [0.15, 0.2) is 24.3 Å². The molecule has 0 spiro atoms. The van der Waals surface area contributed by atoms with Gasteiger partial charge in [0, 0.05) is 16.7 Å². The molecule has 0 heterocycles. The van der Waals surface area contributed by atoms with Crippen LogP contribution in [-0.2, 0) is 0 Å². The summed E-state index contributed by atoms with van der Waals surface area (Å²) in [4.78, 5) is 0. The van der Waals surface area contributed by atoms with Gasteiger partial charge in [0.2, 0.25) is 0 Å². The van der Waals surface area contributed by atoms with Gasteiger partial charge in [-0.3, -0.25) is 0 Å². The summed E-state index contributed by atoms with van der Waals surface area (Å²) in [5, 5.41) is 0. The van der Waals surface area contributed by atoms with Gasteiger partial charge < -0.3 is 0 Å². The fourth-order valence-electron chi connectivity index (χ4n) is 2.99. The Hall–Kier alpha value is -2.22. The molecule has 0 atom stereocenters. The average Bonchev–Trinajstić information content (AvgIpc) is 2.43. The van der Waals surface area contributed by atoms with Crippen molar-refractivity contribution < 1.29 is 0 Å². The van der Waals surface area contributed by atoms with Crippen molar-refractivity contribution in [3.63, 3.8) is 0 Å². The molecule has 0 aliphatic rings. The number of aryl methyl sites for hydroxylation is 5. The lowest BCUT2D eigenvalue weighted by atomic mass is 9.98. The predicted molar refractivity (Wildman–Crippen MR) is 113 cm³/mol. The molecule has 0 saturated carbocycles. The van der Waals surface area contributed by atoms with Crippen LogP contribution in [0.4, 0.5) is 0 Å². The van der Waals surface area contributed by atoms with Crippen molar-refractivity contribution in [1.82, 2.24) is 0 Å². The Morgan fingerprint density at radius 3 is 1.52 bits per heavy atom. The lowest BCUT2D eigenvalue weighted by Gasteiger charge is -2.08. The molecule has 0 N–H and O–H groups in total. The molecule has 0 nitrogen and oxygen atoms in total. The summed E-state index contributed by atoms with van der Waals surface area (Å²) < 4.78 is 0. The van der Waals surface area contributed by atoms with E-state index in [0.717, 1.165) is 16.7 Å². The summed E-state index contributed by atoms with van der Waals surface area (Å²) in [5.41, 5.74) is 13.1. The molecule has 2 aromatic rings. The fourth-order valence-corrected chi connectivity index (χ4v) is 3.49. The highest BCUT2D eigenvalue weighted by Crippen LogP contribution is 2.18. The third-order valence-corrected chi connectivity index (χ3v) is 4.98. The van der Waals surface area contributed by atoms with E-state index in [1.165, 1.54) is 27.8 Å². The molecule has 0 saturated heterocycles. The summed E-state index contributed by atoms with van der Waals surface area (Å²) >= 11 is 0. The van der Waals surface area contributed by atoms with Gasteiger partial charge in [0.1, 0.15) is 8.07 Å². The molecule has 0 aromatic heterocycles. The van der Waals surface area contributed by atoms with Gasteiger partial charge in [-0.2, -0.15) is 0 Å². The lowest BCUT2D eigenvalue weighted by molar-refractivity contribution is 1.29. The van der Waals surface area contributed by atoms with Crippen molar-refractivity contribution in [2.45, 2.75) is 54.3 Å². The molecule has 1 heteroatoms. The van der Waals surface area contributed by atoms with Crippen LogP contribution in [0.3, 0.4) is 0 Å².